The van der Waals surface area contributed by atoms with Gasteiger partial charge in [-0.2, -0.15) is 10.2 Å². The SMILES string of the molecule is C=C(OCC)c1cc2c(=O)n(CC(=O)OCC)nc(C(C)C)n2n1. The normalized spacial score (nSPS) is 11.0. The van der Waals surface area contributed by atoms with Gasteiger partial charge >= 0.3 is 5.97 Å². The van der Waals surface area contributed by atoms with E-state index in [2.05, 4.69) is 16.8 Å². The minimum atomic E-state index is -0.510. The summed E-state index contributed by atoms with van der Waals surface area (Å²) in [7, 11) is 0. The van der Waals surface area contributed by atoms with Crippen molar-refractivity contribution in [1.82, 2.24) is 19.4 Å². The number of hydrogen-bond donors (Lipinski definition) is 0. The quantitative estimate of drug-likeness (QED) is 0.564. The molecule has 2 aromatic heterocycles. The van der Waals surface area contributed by atoms with Crippen LogP contribution in [0.2, 0.25) is 0 Å². The average molecular weight is 334 g/mol. The molecule has 0 saturated heterocycles. The van der Waals surface area contributed by atoms with Crippen molar-refractivity contribution in [3.8, 4) is 0 Å². The van der Waals surface area contributed by atoms with E-state index < -0.39 is 11.5 Å². The fourth-order valence-corrected chi connectivity index (χ4v) is 2.23. The minimum absolute atomic E-state index is 0.00495. The number of aromatic nitrogens is 4. The highest BCUT2D eigenvalue weighted by molar-refractivity contribution is 5.69. The third-order valence-corrected chi connectivity index (χ3v) is 3.31. The average Bonchev–Trinajstić information content (AvgIpc) is 2.96. The molecule has 0 N–H and O–H groups in total. The first kappa shape index (κ1) is 17.7. The topological polar surface area (TPSA) is 87.7 Å². The Morgan fingerprint density at radius 1 is 1.25 bits per heavy atom. The third kappa shape index (κ3) is 3.47. The highest BCUT2D eigenvalue weighted by Gasteiger charge is 2.19. The predicted molar refractivity (Wildman–Crippen MR) is 88.6 cm³/mol. The molecule has 0 aliphatic carbocycles. The Morgan fingerprint density at radius 3 is 2.50 bits per heavy atom. The van der Waals surface area contributed by atoms with E-state index in [0.29, 0.717) is 29.4 Å². The van der Waals surface area contributed by atoms with Gasteiger partial charge in [0.2, 0.25) is 0 Å². The summed E-state index contributed by atoms with van der Waals surface area (Å²) in [5.41, 5.74) is 0.357. The van der Waals surface area contributed by atoms with Gasteiger partial charge < -0.3 is 9.47 Å². The maximum absolute atomic E-state index is 12.6. The van der Waals surface area contributed by atoms with Gasteiger partial charge in [-0.25, -0.2) is 9.20 Å². The highest BCUT2D eigenvalue weighted by atomic mass is 16.5. The number of carbonyl (C=O) groups is 1. The largest absolute Gasteiger partial charge is 0.492 e. The summed E-state index contributed by atoms with van der Waals surface area (Å²) in [6.45, 7) is 11.7. The fraction of sp³-hybridized carbons (Fsp3) is 0.500. The van der Waals surface area contributed by atoms with E-state index in [4.69, 9.17) is 9.47 Å². The van der Waals surface area contributed by atoms with Crippen LogP contribution in [-0.4, -0.2) is 38.6 Å². The molecule has 0 bridgehead atoms. The number of fused-ring (bicyclic) bond motifs is 1. The molecule has 24 heavy (non-hydrogen) atoms. The van der Waals surface area contributed by atoms with Gasteiger partial charge in [-0.05, 0) is 13.8 Å². The Labute approximate surface area is 139 Å². The number of hydrogen-bond acceptors (Lipinski definition) is 6. The maximum atomic E-state index is 12.6. The lowest BCUT2D eigenvalue weighted by Gasteiger charge is -2.11. The van der Waals surface area contributed by atoms with Crippen LogP contribution in [0.4, 0.5) is 0 Å². The van der Waals surface area contributed by atoms with Crippen molar-refractivity contribution in [1.29, 1.82) is 0 Å². The predicted octanol–water partition coefficient (Wildman–Crippen LogP) is 1.58. The summed E-state index contributed by atoms with van der Waals surface area (Å²) in [4.78, 5) is 24.3. The van der Waals surface area contributed by atoms with E-state index in [1.165, 1.54) is 4.52 Å². The molecule has 0 fully saturated rings. The van der Waals surface area contributed by atoms with Gasteiger partial charge in [-0.1, -0.05) is 20.4 Å². The first-order valence-electron chi connectivity index (χ1n) is 7.87. The van der Waals surface area contributed by atoms with Crippen molar-refractivity contribution in [3.05, 3.63) is 34.5 Å². The number of ether oxygens (including phenoxy) is 2. The van der Waals surface area contributed by atoms with E-state index >= 15 is 0 Å². The molecule has 0 aliphatic heterocycles. The molecule has 0 amide bonds. The molecule has 8 heteroatoms. The summed E-state index contributed by atoms with van der Waals surface area (Å²) in [5, 5.41) is 8.64. The van der Waals surface area contributed by atoms with Crippen LogP contribution < -0.4 is 5.56 Å². The van der Waals surface area contributed by atoms with Crippen LogP contribution in [-0.2, 0) is 20.8 Å². The Hall–Kier alpha value is -2.64. The number of rotatable bonds is 7. The molecular formula is C16H22N4O4. The molecule has 0 aliphatic rings. The van der Waals surface area contributed by atoms with Crippen molar-refractivity contribution < 1.29 is 14.3 Å². The standard InChI is InChI=1S/C16H22N4O4/c1-6-23-11(5)12-8-13-16(22)19(9-14(21)24-7-2)18-15(10(3)4)20(13)17-12/h8,10H,5-7,9H2,1-4H3. The monoisotopic (exact) mass is 334 g/mol. The second-order valence-corrected chi connectivity index (χ2v) is 5.46. The van der Waals surface area contributed by atoms with Crippen molar-refractivity contribution in [3.63, 3.8) is 0 Å². The van der Waals surface area contributed by atoms with Crippen LogP contribution in [0.3, 0.4) is 0 Å². The molecule has 0 spiro atoms. The summed E-state index contributed by atoms with van der Waals surface area (Å²) in [6.07, 6.45) is 0. The van der Waals surface area contributed by atoms with E-state index in [-0.39, 0.29) is 19.1 Å². The zero-order valence-electron chi connectivity index (χ0n) is 14.4. The zero-order valence-corrected chi connectivity index (χ0v) is 14.4. The van der Waals surface area contributed by atoms with E-state index in [0.717, 1.165) is 4.68 Å². The van der Waals surface area contributed by atoms with Crippen molar-refractivity contribution in [2.75, 3.05) is 13.2 Å². The first-order chi connectivity index (χ1) is 11.4. The Balaban J connectivity index is 2.58. The Morgan fingerprint density at radius 2 is 1.92 bits per heavy atom. The Kier molecular flexibility index (Phi) is 5.38. The minimum Gasteiger partial charge on any atom is -0.492 e. The van der Waals surface area contributed by atoms with Crippen LogP contribution in [0.15, 0.2) is 17.4 Å². The summed E-state index contributed by atoms with van der Waals surface area (Å²) in [6, 6.07) is 1.59. The molecule has 0 radical (unpaired) electrons. The van der Waals surface area contributed by atoms with Crippen LogP contribution >= 0.6 is 0 Å². The molecular weight excluding hydrogens is 312 g/mol. The number of carbonyl (C=O) groups excluding carboxylic acids is 1. The molecule has 2 heterocycles. The van der Waals surface area contributed by atoms with Crippen molar-refractivity contribution >= 4 is 17.2 Å². The summed E-state index contributed by atoms with van der Waals surface area (Å²) in [5.74, 6) is 0.427. The smallest absolute Gasteiger partial charge is 0.327 e. The molecule has 0 atom stereocenters. The molecule has 0 aromatic carbocycles. The van der Waals surface area contributed by atoms with Crippen LogP contribution in [0.1, 0.15) is 45.1 Å². The van der Waals surface area contributed by atoms with Crippen LogP contribution in [0, 0.1) is 0 Å². The van der Waals surface area contributed by atoms with Crippen molar-refractivity contribution in [2.45, 2.75) is 40.2 Å². The lowest BCUT2D eigenvalue weighted by atomic mass is 10.2. The molecule has 0 unspecified atom stereocenters. The highest BCUT2D eigenvalue weighted by Crippen LogP contribution is 2.17. The second-order valence-electron chi connectivity index (χ2n) is 5.46. The first-order valence-corrected chi connectivity index (χ1v) is 7.87. The lowest BCUT2D eigenvalue weighted by molar-refractivity contribution is -0.144. The van der Waals surface area contributed by atoms with Gasteiger partial charge in [0.05, 0.1) is 13.2 Å². The van der Waals surface area contributed by atoms with Gasteiger partial charge in [-0.3, -0.25) is 9.59 Å². The fourth-order valence-electron chi connectivity index (χ4n) is 2.23. The van der Waals surface area contributed by atoms with Gasteiger partial charge in [0.15, 0.2) is 5.82 Å². The second kappa shape index (κ2) is 7.29. The molecule has 0 saturated carbocycles. The Bertz CT molecular complexity index is 819. The maximum Gasteiger partial charge on any atom is 0.327 e. The molecule has 2 aromatic rings. The van der Waals surface area contributed by atoms with E-state index in [1.807, 2.05) is 20.8 Å². The summed E-state index contributed by atoms with van der Waals surface area (Å²) < 4.78 is 12.8. The molecule has 8 nitrogen and oxygen atoms in total. The van der Waals surface area contributed by atoms with E-state index in [1.54, 1.807) is 13.0 Å². The van der Waals surface area contributed by atoms with Crippen LogP contribution in [0.5, 0.6) is 0 Å². The number of nitrogens with zero attached hydrogens (tertiary/aromatic N) is 4. The zero-order chi connectivity index (χ0) is 17.9. The van der Waals surface area contributed by atoms with Gasteiger partial charge in [0, 0.05) is 12.0 Å². The van der Waals surface area contributed by atoms with Crippen molar-refractivity contribution in [2.24, 2.45) is 0 Å². The van der Waals surface area contributed by atoms with Crippen LogP contribution in [0.25, 0.3) is 11.3 Å². The third-order valence-electron chi connectivity index (χ3n) is 3.31. The van der Waals surface area contributed by atoms with Gasteiger partial charge in [0.25, 0.3) is 5.56 Å². The van der Waals surface area contributed by atoms with Gasteiger partial charge in [-0.15, -0.1) is 0 Å². The number of esters is 1. The van der Waals surface area contributed by atoms with E-state index in [9.17, 15) is 9.59 Å². The van der Waals surface area contributed by atoms with Gasteiger partial charge in [0.1, 0.15) is 23.5 Å². The molecule has 130 valence electrons. The summed E-state index contributed by atoms with van der Waals surface area (Å²) >= 11 is 0. The molecule has 2 rings (SSSR count). The lowest BCUT2D eigenvalue weighted by Crippen LogP contribution is -2.31.